The molecule has 5 nitrogen and oxygen atoms in total. The van der Waals surface area contributed by atoms with Crippen molar-refractivity contribution in [3.8, 4) is 5.75 Å². The van der Waals surface area contributed by atoms with E-state index in [4.69, 9.17) is 4.74 Å². The van der Waals surface area contributed by atoms with E-state index < -0.39 is 5.82 Å². The van der Waals surface area contributed by atoms with E-state index >= 15 is 0 Å². The Labute approximate surface area is 145 Å². The molecule has 2 aromatic carbocycles. The maximum Gasteiger partial charge on any atom is 0.276 e. The Kier molecular flexibility index (Phi) is 4.79. The van der Waals surface area contributed by atoms with Crippen molar-refractivity contribution < 1.29 is 13.9 Å². The molecule has 6 heteroatoms. The van der Waals surface area contributed by atoms with E-state index in [0.29, 0.717) is 0 Å². The summed E-state index contributed by atoms with van der Waals surface area (Å²) >= 11 is 0. The predicted molar refractivity (Wildman–Crippen MR) is 93.1 cm³/mol. The van der Waals surface area contributed by atoms with Crippen molar-refractivity contribution in [3.05, 3.63) is 77.4 Å². The van der Waals surface area contributed by atoms with Crippen molar-refractivity contribution in [2.24, 2.45) is 0 Å². The van der Waals surface area contributed by atoms with Crippen LogP contribution in [-0.4, -0.2) is 15.7 Å². The molecule has 0 saturated heterocycles. The first-order chi connectivity index (χ1) is 12.0. The number of ether oxygens (including phenoxy) is 1. The zero-order chi connectivity index (χ0) is 17.8. The molecule has 0 aliphatic rings. The van der Waals surface area contributed by atoms with E-state index in [9.17, 15) is 9.18 Å². The molecule has 1 aromatic heterocycles. The fourth-order valence-corrected chi connectivity index (χ4v) is 2.39. The monoisotopic (exact) mass is 339 g/mol. The minimum atomic E-state index is -0.442. The number of nitrogens with one attached hydrogen (secondary N) is 1. The van der Waals surface area contributed by atoms with Crippen LogP contribution in [0, 0.1) is 19.7 Å². The lowest BCUT2D eigenvalue weighted by molar-refractivity contribution is 0.102. The van der Waals surface area contributed by atoms with Crippen LogP contribution < -0.4 is 10.1 Å². The van der Waals surface area contributed by atoms with Crippen molar-refractivity contribution in [1.29, 1.82) is 0 Å². The molecule has 0 unspecified atom stereocenters. The summed E-state index contributed by atoms with van der Waals surface area (Å²) in [5.41, 5.74) is 3.12. The van der Waals surface area contributed by atoms with Crippen LogP contribution in [0.15, 0.2) is 54.7 Å². The van der Waals surface area contributed by atoms with Crippen molar-refractivity contribution in [2.45, 2.75) is 20.6 Å². The van der Waals surface area contributed by atoms with Gasteiger partial charge in [0.2, 0.25) is 0 Å². The first kappa shape index (κ1) is 16.7. The summed E-state index contributed by atoms with van der Waals surface area (Å²) in [5, 5.41) is 6.99. The molecule has 128 valence electrons. The number of aromatic nitrogens is 2. The van der Waals surface area contributed by atoms with Gasteiger partial charge < -0.3 is 10.1 Å². The maximum absolute atomic E-state index is 13.5. The topological polar surface area (TPSA) is 56.2 Å². The van der Waals surface area contributed by atoms with E-state index in [1.807, 2.05) is 32.0 Å². The molecular formula is C19H18FN3O2. The van der Waals surface area contributed by atoms with Gasteiger partial charge in [-0.2, -0.15) is 5.10 Å². The summed E-state index contributed by atoms with van der Waals surface area (Å²) in [7, 11) is 0. The third kappa shape index (κ3) is 4.03. The molecular weight excluding hydrogens is 321 g/mol. The number of aryl methyl sites for hydroxylation is 2. The standard InChI is InChI=1S/C19H18FN3O2/c1-13-7-8-16(14(2)11-13)21-19(24)17-9-10-23(22-17)12-25-18-6-4-3-5-15(18)20/h3-11H,12H2,1-2H3,(H,21,24). The molecule has 0 spiro atoms. The molecule has 0 fully saturated rings. The zero-order valence-corrected chi connectivity index (χ0v) is 14.0. The molecule has 0 radical (unpaired) electrons. The van der Waals surface area contributed by atoms with Crippen LogP contribution >= 0.6 is 0 Å². The molecule has 0 aliphatic carbocycles. The van der Waals surface area contributed by atoms with Crippen molar-refractivity contribution in [3.63, 3.8) is 0 Å². The molecule has 0 bridgehead atoms. The number of halogens is 1. The van der Waals surface area contributed by atoms with Crippen LogP contribution in [-0.2, 0) is 6.73 Å². The molecule has 25 heavy (non-hydrogen) atoms. The Morgan fingerprint density at radius 3 is 2.76 bits per heavy atom. The summed E-state index contributed by atoms with van der Waals surface area (Å²) in [6.45, 7) is 3.94. The third-order valence-electron chi connectivity index (χ3n) is 3.69. The number of hydrogen-bond donors (Lipinski definition) is 1. The average Bonchev–Trinajstić information content (AvgIpc) is 3.06. The Hall–Kier alpha value is -3.15. The molecule has 0 atom stereocenters. The van der Waals surface area contributed by atoms with Gasteiger partial charge in [-0.15, -0.1) is 0 Å². The number of para-hydroxylation sites is 1. The van der Waals surface area contributed by atoms with Gasteiger partial charge in [-0.1, -0.05) is 29.8 Å². The molecule has 0 saturated carbocycles. The zero-order valence-electron chi connectivity index (χ0n) is 14.0. The number of benzene rings is 2. The van der Waals surface area contributed by atoms with Crippen LogP contribution in [0.25, 0.3) is 0 Å². The number of hydrogen-bond acceptors (Lipinski definition) is 3. The van der Waals surface area contributed by atoms with Gasteiger partial charge in [-0.3, -0.25) is 4.79 Å². The maximum atomic E-state index is 13.5. The fourth-order valence-electron chi connectivity index (χ4n) is 2.39. The second-order valence-corrected chi connectivity index (χ2v) is 5.72. The summed E-state index contributed by atoms with van der Waals surface area (Å²) < 4.78 is 20.3. The quantitative estimate of drug-likeness (QED) is 0.766. The Balaban J connectivity index is 1.64. The van der Waals surface area contributed by atoms with Crippen molar-refractivity contribution >= 4 is 11.6 Å². The number of carbonyl (C=O) groups excluding carboxylic acids is 1. The molecule has 0 aliphatic heterocycles. The van der Waals surface area contributed by atoms with Crippen molar-refractivity contribution in [2.75, 3.05) is 5.32 Å². The number of carbonyl (C=O) groups is 1. The summed E-state index contributed by atoms with van der Waals surface area (Å²) in [5.74, 6) is -0.613. The molecule has 1 amide bonds. The summed E-state index contributed by atoms with van der Waals surface area (Å²) in [4.78, 5) is 12.3. The van der Waals surface area contributed by atoms with Crippen LogP contribution in [0.5, 0.6) is 5.75 Å². The van der Waals surface area contributed by atoms with Gasteiger partial charge in [0.25, 0.3) is 5.91 Å². The van der Waals surface area contributed by atoms with Crippen LogP contribution in [0.1, 0.15) is 21.6 Å². The summed E-state index contributed by atoms with van der Waals surface area (Å²) in [6, 6.07) is 13.5. The van der Waals surface area contributed by atoms with Crippen molar-refractivity contribution in [1.82, 2.24) is 9.78 Å². The van der Waals surface area contributed by atoms with Gasteiger partial charge >= 0.3 is 0 Å². The fraction of sp³-hybridized carbons (Fsp3) is 0.158. The van der Waals surface area contributed by atoms with Gasteiger partial charge in [-0.25, -0.2) is 9.07 Å². The minimum Gasteiger partial charge on any atom is -0.468 e. The highest BCUT2D eigenvalue weighted by molar-refractivity contribution is 6.03. The lowest BCUT2D eigenvalue weighted by atomic mass is 10.1. The highest BCUT2D eigenvalue weighted by Crippen LogP contribution is 2.17. The van der Waals surface area contributed by atoms with Crippen LogP contribution in [0.4, 0.5) is 10.1 Å². The first-order valence-electron chi connectivity index (χ1n) is 7.82. The second kappa shape index (κ2) is 7.17. The third-order valence-corrected chi connectivity index (χ3v) is 3.69. The Morgan fingerprint density at radius 1 is 1.20 bits per heavy atom. The van der Waals surface area contributed by atoms with Gasteiger partial charge in [0.05, 0.1) is 0 Å². The highest BCUT2D eigenvalue weighted by atomic mass is 19.1. The van der Waals surface area contributed by atoms with Crippen LogP contribution in [0.3, 0.4) is 0 Å². The lowest BCUT2D eigenvalue weighted by Crippen LogP contribution is -2.15. The van der Waals surface area contributed by atoms with Gasteiger partial charge in [0, 0.05) is 11.9 Å². The highest BCUT2D eigenvalue weighted by Gasteiger charge is 2.11. The number of nitrogens with zero attached hydrogens (tertiary/aromatic N) is 2. The number of anilines is 1. The first-order valence-corrected chi connectivity index (χ1v) is 7.82. The van der Waals surface area contributed by atoms with E-state index in [0.717, 1.165) is 16.8 Å². The van der Waals surface area contributed by atoms with E-state index in [1.165, 1.54) is 16.8 Å². The van der Waals surface area contributed by atoms with Gasteiger partial charge in [0.15, 0.2) is 24.0 Å². The van der Waals surface area contributed by atoms with Crippen LogP contribution in [0.2, 0.25) is 0 Å². The smallest absolute Gasteiger partial charge is 0.276 e. The molecule has 1 N–H and O–H groups in total. The second-order valence-electron chi connectivity index (χ2n) is 5.72. The van der Waals surface area contributed by atoms with E-state index in [2.05, 4.69) is 10.4 Å². The summed E-state index contributed by atoms with van der Waals surface area (Å²) in [6.07, 6.45) is 1.61. The predicted octanol–water partition coefficient (Wildman–Crippen LogP) is 3.93. The lowest BCUT2D eigenvalue weighted by Gasteiger charge is -2.08. The van der Waals surface area contributed by atoms with Gasteiger partial charge in [0.1, 0.15) is 0 Å². The molecule has 3 rings (SSSR count). The average molecular weight is 339 g/mol. The Morgan fingerprint density at radius 2 is 2.00 bits per heavy atom. The SMILES string of the molecule is Cc1ccc(NC(=O)c2ccn(COc3ccccc3F)n2)c(C)c1. The Bertz CT molecular complexity index is 905. The number of rotatable bonds is 5. The largest absolute Gasteiger partial charge is 0.468 e. The van der Waals surface area contributed by atoms with E-state index in [1.54, 1.807) is 24.4 Å². The minimum absolute atomic E-state index is 0.0117. The van der Waals surface area contributed by atoms with E-state index in [-0.39, 0.29) is 24.1 Å². The normalized spacial score (nSPS) is 10.5. The number of amides is 1. The molecule has 3 aromatic rings. The van der Waals surface area contributed by atoms with Gasteiger partial charge in [-0.05, 0) is 43.7 Å². The molecule has 1 heterocycles.